The third-order valence-electron chi connectivity index (χ3n) is 3.87. The number of aliphatic hydroxyl groups is 2. The topological polar surface area (TPSA) is 66.8 Å². The SMILES string of the molecule is C[C@H]1/C=C/C/C=C/[C@@H]2C[C@H](O)C[C@H]2[C@H](O)/C=C/C(=O)O1. The van der Waals surface area contributed by atoms with Gasteiger partial charge in [0.05, 0.1) is 12.2 Å². The van der Waals surface area contributed by atoms with Gasteiger partial charge in [-0.3, -0.25) is 0 Å². The average Bonchev–Trinajstić information content (AvgIpc) is 2.76. The molecule has 2 N–H and O–H groups in total. The van der Waals surface area contributed by atoms with Crippen LogP contribution >= 0.6 is 0 Å². The van der Waals surface area contributed by atoms with Gasteiger partial charge in [0.2, 0.25) is 0 Å². The number of hydrogen-bond donors (Lipinski definition) is 2. The Bertz CT molecular complexity index is 424. The van der Waals surface area contributed by atoms with Crippen molar-refractivity contribution < 1.29 is 19.7 Å². The molecule has 1 fully saturated rings. The first-order valence-electron chi connectivity index (χ1n) is 7.14. The summed E-state index contributed by atoms with van der Waals surface area (Å²) in [7, 11) is 0. The third kappa shape index (κ3) is 4.05. The van der Waals surface area contributed by atoms with Crippen LogP contribution in [-0.2, 0) is 9.53 Å². The molecule has 4 heteroatoms. The van der Waals surface area contributed by atoms with E-state index in [9.17, 15) is 15.0 Å². The maximum atomic E-state index is 11.6. The summed E-state index contributed by atoms with van der Waals surface area (Å²) in [5.74, 6) is -0.358. The maximum absolute atomic E-state index is 11.6. The Morgan fingerprint density at radius 3 is 2.70 bits per heavy atom. The first kappa shape index (κ1) is 15.0. The Labute approximate surface area is 119 Å². The van der Waals surface area contributed by atoms with Gasteiger partial charge in [0.25, 0.3) is 0 Å². The summed E-state index contributed by atoms with van der Waals surface area (Å²) in [5.41, 5.74) is 0. The summed E-state index contributed by atoms with van der Waals surface area (Å²) in [4.78, 5) is 11.6. The van der Waals surface area contributed by atoms with Crippen LogP contribution in [0, 0.1) is 11.8 Å². The number of aliphatic hydroxyl groups excluding tert-OH is 2. The fourth-order valence-electron chi connectivity index (χ4n) is 2.87. The van der Waals surface area contributed by atoms with Crippen molar-refractivity contribution in [3.63, 3.8) is 0 Å². The molecule has 0 aromatic heterocycles. The van der Waals surface area contributed by atoms with Gasteiger partial charge in [0, 0.05) is 6.08 Å². The second-order valence-corrected chi connectivity index (χ2v) is 5.54. The van der Waals surface area contributed by atoms with Gasteiger partial charge in [-0.1, -0.05) is 18.2 Å². The van der Waals surface area contributed by atoms with Crippen molar-refractivity contribution in [2.24, 2.45) is 11.8 Å². The van der Waals surface area contributed by atoms with Gasteiger partial charge < -0.3 is 14.9 Å². The molecule has 0 unspecified atom stereocenters. The van der Waals surface area contributed by atoms with Crippen molar-refractivity contribution in [1.82, 2.24) is 0 Å². The Morgan fingerprint density at radius 1 is 1.15 bits per heavy atom. The second kappa shape index (κ2) is 6.86. The highest BCUT2D eigenvalue weighted by Gasteiger charge is 2.35. The number of hydrogen-bond acceptors (Lipinski definition) is 4. The van der Waals surface area contributed by atoms with Crippen LogP contribution in [-0.4, -0.2) is 34.5 Å². The van der Waals surface area contributed by atoms with Crippen LogP contribution in [0.25, 0.3) is 0 Å². The molecule has 0 amide bonds. The number of esters is 1. The van der Waals surface area contributed by atoms with E-state index in [0.717, 1.165) is 6.42 Å². The van der Waals surface area contributed by atoms with E-state index in [-0.39, 0.29) is 24.0 Å². The minimum atomic E-state index is -0.738. The molecule has 0 aromatic rings. The van der Waals surface area contributed by atoms with Gasteiger partial charge in [-0.15, -0.1) is 0 Å². The minimum Gasteiger partial charge on any atom is -0.455 e. The highest BCUT2D eigenvalue weighted by atomic mass is 16.5. The molecule has 2 rings (SSSR count). The van der Waals surface area contributed by atoms with Crippen molar-refractivity contribution in [1.29, 1.82) is 0 Å². The fraction of sp³-hybridized carbons (Fsp3) is 0.562. The smallest absolute Gasteiger partial charge is 0.331 e. The van der Waals surface area contributed by atoms with E-state index >= 15 is 0 Å². The first-order valence-corrected chi connectivity index (χ1v) is 7.14. The number of fused-ring (bicyclic) bond motifs is 1. The molecule has 20 heavy (non-hydrogen) atoms. The standard InChI is InChI=1S/C16H22O4/c1-11-5-3-2-4-6-12-9-13(17)10-14(12)15(18)7-8-16(19)20-11/h3-8,11-15,17-18H,2,9-10H2,1H3/b5-3+,6-4+,8-7+/t11-,12+,13-,14+,15+/m0/s1. The van der Waals surface area contributed by atoms with Crippen molar-refractivity contribution in [2.75, 3.05) is 0 Å². The highest BCUT2D eigenvalue weighted by Crippen LogP contribution is 2.36. The molecule has 0 radical (unpaired) electrons. The third-order valence-corrected chi connectivity index (χ3v) is 3.87. The van der Waals surface area contributed by atoms with Gasteiger partial charge in [-0.25, -0.2) is 4.79 Å². The molecule has 1 heterocycles. The fourth-order valence-corrected chi connectivity index (χ4v) is 2.87. The molecule has 2 aliphatic rings. The monoisotopic (exact) mass is 278 g/mol. The van der Waals surface area contributed by atoms with Crippen molar-refractivity contribution >= 4 is 5.97 Å². The van der Waals surface area contributed by atoms with Gasteiger partial charge in [-0.2, -0.15) is 0 Å². The Morgan fingerprint density at radius 2 is 1.90 bits per heavy atom. The van der Waals surface area contributed by atoms with E-state index < -0.39 is 12.1 Å². The summed E-state index contributed by atoms with van der Waals surface area (Å²) in [5, 5.41) is 20.0. The van der Waals surface area contributed by atoms with E-state index in [0.29, 0.717) is 12.8 Å². The zero-order chi connectivity index (χ0) is 14.5. The number of cyclic esters (lactones) is 1. The molecule has 5 atom stereocenters. The lowest BCUT2D eigenvalue weighted by atomic mass is 9.90. The molecule has 1 aliphatic carbocycles. The zero-order valence-corrected chi connectivity index (χ0v) is 11.7. The van der Waals surface area contributed by atoms with E-state index in [4.69, 9.17) is 4.74 Å². The molecule has 0 bridgehead atoms. The van der Waals surface area contributed by atoms with Crippen LogP contribution in [0.5, 0.6) is 0 Å². The number of allylic oxidation sites excluding steroid dienone is 3. The minimum absolute atomic E-state index is 0.0487. The van der Waals surface area contributed by atoms with Gasteiger partial charge in [0.1, 0.15) is 6.10 Å². The maximum Gasteiger partial charge on any atom is 0.331 e. The molecule has 4 nitrogen and oxygen atoms in total. The molecule has 1 saturated carbocycles. The lowest BCUT2D eigenvalue weighted by Crippen LogP contribution is -2.21. The number of carbonyl (C=O) groups is 1. The Kier molecular flexibility index (Phi) is 5.15. The quantitative estimate of drug-likeness (QED) is 0.523. The molecule has 0 spiro atoms. The highest BCUT2D eigenvalue weighted by molar-refractivity contribution is 5.82. The van der Waals surface area contributed by atoms with Gasteiger partial charge in [-0.05, 0) is 50.2 Å². The Hall–Kier alpha value is -1.39. The molecular formula is C16H22O4. The second-order valence-electron chi connectivity index (χ2n) is 5.54. The summed E-state index contributed by atoms with van der Waals surface area (Å²) < 4.78 is 5.15. The molecule has 1 aliphatic heterocycles. The first-order chi connectivity index (χ1) is 9.56. The van der Waals surface area contributed by atoms with Crippen LogP contribution in [0.3, 0.4) is 0 Å². The lowest BCUT2D eigenvalue weighted by molar-refractivity contribution is -0.140. The van der Waals surface area contributed by atoms with Gasteiger partial charge in [0.15, 0.2) is 0 Å². The van der Waals surface area contributed by atoms with E-state index in [1.54, 1.807) is 6.92 Å². The molecule has 110 valence electrons. The van der Waals surface area contributed by atoms with Crippen LogP contribution in [0.2, 0.25) is 0 Å². The molecule has 0 saturated heterocycles. The summed E-state index contributed by atoms with van der Waals surface area (Å²) >= 11 is 0. The van der Waals surface area contributed by atoms with Crippen molar-refractivity contribution in [3.8, 4) is 0 Å². The predicted octanol–water partition coefficient (Wildman–Crippen LogP) is 1.74. The van der Waals surface area contributed by atoms with E-state index in [1.807, 2.05) is 18.2 Å². The van der Waals surface area contributed by atoms with E-state index in [1.165, 1.54) is 12.2 Å². The molecule has 0 aromatic carbocycles. The lowest BCUT2D eigenvalue weighted by Gasteiger charge is -2.19. The summed E-state index contributed by atoms with van der Waals surface area (Å²) in [6, 6.07) is 0. The summed E-state index contributed by atoms with van der Waals surface area (Å²) in [6.45, 7) is 1.80. The van der Waals surface area contributed by atoms with Gasteiger partial charge >= 0.3 is 5.97 Å². The van der Waals surface area contributed by atoms with Crippen LogP contribution in [0.4, 0.5) is 0 Å². The van der Waals surface area contributed by atoms with Crippen molar-refractivity contribution in [2.45, 2.75) is 44.5 Å². The summed E-state index contributed by atoms with van der Waals surface area (Å²) in [6.07, 6.45) is 11.2. The molecular weight excluding hydrogens is 256 g/mol. The number of rotatable bonds is 0. The predicted molar refractivity (Wildman–Crippen MR) is 75.8 cm³/mol. The zero-order valence-electron chi connectivity index (χ0n) is 11.7. The average molecular weight is 278 g/mol. The number of ether oxygens (including phenoxy) is 1. The van der Waals surface area contributed by atoms with Crippen LogP contribution in [0.15, 0.2) is 36.5 Å². The number of carbonyl (C=O) groups excluding carboxylic acids is 1. The largest absolute Gasteiger partial charge is 0.455 e. The van der Waals surface area contributed by atoms with E-state index in [2.05, 4.69) is 6.08 Å². The van der Waals surface area contributed by atoms with Crippen molar-refractivity contribution in [3.05, 3.63) is 36.5 Å². The van der Waals surface area contributed by atoms with Crippen LogP contribution in [0.1, 0.15) is 26.2 Å². The Balaban J connectivity index is 2.16. The normalized spacial score (nSPS) is 43.4. The van der Waals surface area contributed by atoms with Crippen LogP contribution < -0.4 is 0 Å².